The Morgan fingerprint density at radius 2 is 2.07 bits per heavy atom. The van der Waals surface area contributed by atoms with Gasteiger partial charge >= 0.3 is 6.03 Å². The van der Waals surface area contributed by atoms with E-state index < -0.39 is 6.03 Å². The molecule has 4 heteroatoms. The third kappa shape index (κ3) is 3.99. The molecule has 2 amide bonds. The monoisotopic (exact) mass is 207 g/mol. The van der Waals surface area contributed by atoms with Crippen molar-refractivity contribution in [3.8, 4) is 0 Å². The first kappa shape index (κ1) is 11.5. The molecule has 3 N–H and O–H groups in total. The highest BCUT2D eigenvalue weighted by molar-refractivity contribution is 5.71. The van der Waals surface area contributed by atoms with Crippen molar-refractivity contribution >= 4 is 6.03 Å². The highest BCUT2D eigenvalue weighted by Crippen LogP contribution is 2.00. The Morgan fingerprint density at radius 3 is 2.60 bits per heavy atom. The molecule has 0 saturated heterocycles. The van der Waals surface area contributed by atoms with Crippen LogP contribution in [0.3, 0.4) is 0 Å². The molecule has 0 saturated carbocycles. The summed E-state index contributed by atoms with van der Waals surface area (Å²) in [6.07, 6.45) is 0.802. The van der Waals surface area contributed by atoms with Crippen molar-refractivity contribution in [3.05, 3.63) is 35.9 Å². The van der Waals surface area contributed by atoms with E-state index in [-0.39, 0.29) is 0 Å². The fraction of sp³-hybridized carbons (Fsp3) is 0.364. The van der Waals surface area contributed by atoms with Crippen LogP contribution in [0.25, 0.3) is 0 Å². The van der Waals surface area contributed by atoms with Crippen LogP contribution in [0.15, 0.2) is 30.3 Å². The van der Waals surface area contributed by atoms with Crippen LogP contribution in [0, 0.1) is 0 Å². The zero-order chi connectivity index (χ0) is 11.1. The number of carbonyl (C=O) groups is 1. The van der Waals surface area contributed by atoms with Gasteiger partial charge in [-0.3, -0.25) is 5.01 Å². The third-order valence-corrected chi connectivity index (χ3v) is 2.08. The molecule has 0 spiro atoms. The fourth-order valence-electron chi connectivity index (χ4n) is 1.34. The molecular weight excluding hydrogens is 190 g/mol. The lowest BCUT2D eigenvalue weighted by Crippen LogP contribution is -2.46. The van der Waals surface area contributed by atoms with Gasteiger partial charge in [0.1, 0.15) is 0 Å². The van der Waals surface area contributed by atoms with Crippen LogP contribution in [0.1, 0.15) is 12.5 Å². The molecule has 0 heterocycles. The largest absolute Gasteiger partial charge is 0.350 e. The van der Waals surface area contributed by atoms with Crippen molar-refractivity contribution in [3.63, 3.8) is 0 Å². The number of nitrogens with two attached hydrogens (primary N) is 1. The van der Waals surface area contributed by atoms with Gasteiger partial charge in [0.2, 0.25) is 0 Å². The molecule has 1 rings (SSSR count). The standard InChI is InChI=1S/C11H17N3O/c1-2-13-14(11(12)15)9-8-10-6-4-3-5-7-10/h3-7,13H,2,8-9H2,1H3,(H2,12,15). The quantitative estimate of drug-likeness (QED) is 0.711. The number of amides is 2. The van der Waals surface area contributed by atoms with Crippen LogP contribution < -0.4 is 11.2 Å². The van der Waals surface area contributed by atoms with Crippen LogP contribution in [0.5, 0.6) is 0 Å². The molecule has 0 radical (unpaired) electrons. The number of rotatable bonds is 5. The average molecular weight is 207 g/mol. The maximum absolute atomic E-state index is 11.0. The minimum atomic E-state index is -0.437. The summed E-state index contributed by atoms with van der Waals surface area (Å²) in [7, 11) is 0. The minimum Gasteiger partial charge on any atom is -0.350 e. The number of hydrogen-bond donors (Lipinski definition) is 2. The second-order valence-electron chi connectivity index (χ2n) is 3.24. The highest BCUT2D eigenvalue weighted by atomic mass is 16.2. The van der Waals surface area contributed by atoms with E-state index in [2.05, 4.69) is 5.43 Å². The fourth-order valence-corrected chi connectivity index (χ4v) is 1.34. The van der Waals surface area contributed by atoms with Gasteiger partial charge in [0.15, 0.2) is 0 Å². The number of hydrogen-bond acceptors (Lipinski definition) is 2. The Hall–Kier alpha value is -1.55. The zero-order valence-corrected chi connectivity index (χ0v) is 8.94. The van der Waals surface area contributed by atoms with Gasteiger partial charge in [-0.1, -0.05) is 37.3 Å². The van der Waals surface area contributed by atoms with Crippen LogP contribution in [0.4, 0.5) is 4.79 Å². The van der Waals surface area contributed by atoms with Crippen molar-refractivity contribution in [1.82, 2.24) is 10.4 Å². The van der Waals surface area contributed by atoms with Crippen molar-refractivity contribution in [2.45, 2.75) is 13.3 Å². The van der Waals surface area contributed by atoms with Gasteiger partial charge in [-0.25, -0.2) is 10.2 Å². The van der Waals surface area contributed by atoms with Gasteiger partial charge in [-0.05, 0) is 12.0 Å². The van der Waals surface area contributed by atoms with Crippen LogP contribution in [-0.2, 0) is 6.42 Å². The Bertz CT molecular complexity index is 300. The van der Waals surface area contributed by atoms with Gasteiger partial charge in [0.05, 0.1) is 0 Å². The van der Waals surface area contributed by atoms with Crippen LogP contribution in [-0.4, -0.2) is 24.1 Å². The third-order valence-electron chi connectivity index (χ3n) is 2.08. The summed E-state index contributed by atoms with van der Waals surface area (Å²) in [4.78, 5) is 11.0. The Morgan fingerprint density at radius 1 is 1.40 bits per heavy atom. The van der Waals surface area contributed by atoms with Crippen molar-refractivity contribution in [1.29, 1.82) is 0 Å². The minimum absolute atomic E-state index is 0.437. The van der Waals surface area contributed by atoms with E-state index in [1.807, 2.05) is 37.3 Å². The van der Waals surface area contributed by atoms with E-state index in [1.165, 1.54) is 10.6 Å². The lowest BCUT2D eigenvalue weighted by molar-refractivity contribution is 0.182. The number of primary amides is 1. The summed E-state index contributed by atoms with van der Waals surface area (Å²) < 4.78 is 0. The molecular formula is C11H17N3O. The van der Waals surface area contributed by atoms with Crippen molar-refractivity contribution < 1.29 is 4.79 Å². The lowest BCUT2D eigenvalue weighted by Gasteiger charge is -2.20. The average Bonchev–Trinajstić information content (AvgIpc) is 2.25. The molecule has 1 aromatic carbocycles. The summed E-state index contributed by atoms with van der Waals surface area (Å²) >= 11 is 0. The first-order valence-corrected chi connectivity index (χ1v) is 5.08. The summed E-state index contributed by atoms with van der Waals surface area (Å²) in [5.41, 5.74) is 9.32. The van der Waals surface area contributed by atoms with Crippen LogP contribution in [0.2, 0.25) is 0 Å². The predicted molar refractivity (Wildman–Crippen MR) is 60.1 cm³/mol. The Kier molecular flexibility index (Phi) is 4.63. The molecule has 0 fully saturated rings. The first-order valence-electron chi connectivity index (χ1n) is 5.08. The summed E-state index contributed by atoms with van der Waals surface area (Å²) in [6.45, 7) is 3.21. The van der Waals surface area contributed by atoms with Crippen LogP contribution >= 0.6 is 0 Å². The molecule has 0 aliphatic carbocycles. The van der Waals surface area contributed by atoms with Gasteiger partial charge < -0.3 is 5.73 Å². The predicted octanol–water partition coefficient (Wildman–Crippen LogP) is 1.13. The molecule has 0 aliphatic rings. The van der Waals surface area contributed by atoms with E-state index >= 15 is 0 Å². The Labute approximate surface area is 90.0 Å². The summed E-state index contributed by atoms with van der Waals surface area (Å²) in [5, 5.41) is 1.44. The number of carbonyl (C=O) groups excluding carboxylic acids is 1. The van der Waals surface area contributed by atoms with E-state index in [0.717, 1.165) is 6.42 Å². The second-order valence-corrected chi connectivity index (χ2v) is 3.24. The molecule has 0 atom stereocenters. The second kappa shape index (κ2) is 6.03. The summed E-state index contributed by atoms with van der Waals surface area (Å²) in [6, 6.07) is 9.57. The number of nitrogens with zero attached hydrogens (tertiary/aromatic N) is 1. The number of hydrazine groups is 1. The topological polar surface area (TPSA) is 58.4 Å². The van der Waals surface area contributed by atoms with Crippen molar-refractivity contribution in [2.24, 2.45) is 5.73 Å². The number of benzene rings is 1. The molecule has 15 heavy (non-hydrogen) atoms. The maximum Gasteiger partial charge on any atom is 0.329 e. The SMILES string of the molecule is CCNN(CCc1ccccc1)C(N)=O. The van der Waals surface area contributed by atoms with Crippen molar-refractivity contribution in [2.75, 3.05) is 13.1 Å². The molecule has 82 valence electrons. The normalized spacial score (nSPS) is 9.93. The molecule has 1 aromatic rings. The molecule has 0 bridgehead atoms. The first-order chi connectivity index (χ1) is 7.24. The summed E-state index contributed by atoms with van der Waals surface area (Å²) in [5.74, 6) is 0. The Balaban J connectivity index is 2.43. The molecule has 4 nitrogen and oxygen atoms in total. The highest BCUT2D eigenvalue weighted by Gasteiger charge is 2.07. The van der Waals surface area contributed by atoms with E-state index in [9.17, 15) is 4.79 Å². The molecule has 0 unspecified atom stereocenters. The zero-order valence-electron chi connectivity index (χ0n) is 8.94. The molecule has 0 aromatic heterocycles. The van der Waals surface area contributed by atoms with E-state index in [1.54, 1.807) is 0 Å². The maximum atomic E-state index is 11.0. The molecule has 0 aliphatic heterocycles. The van der Waals surface area contributed by atoms with E-state index in [4.69, 9.17) is 5.73 Å². The smallest absolute Gasteiger partial charge is 0.329 e. The van der Waals surface area contributed by atoms with Gasteiger partial charge in [-0.15, -0.1) is 0 Å². The van der Waals surface area contributed by atoms with Gasteiger partial charge in [0.25, 0.3) is 0 Å². The number of urea groups is 1. The van der Waals surface area contributed by atoms with Gasteiger partial charge in [-0.2, -0.15) is 0 Å². The van der Waals surface area contributed by atoms with E-state index in [0.29, 0.717) is 13.1 Å². The number of nitrogens with one attached hydrogen (secondary N) is 1. The van der Waals surface area contributed by atoms with Gasteiger partial charge in [0, 0.05) is 13.1 Å². The lowest BCUT2D eigenvalue weighted by atomic mass is 10.1.